The Morgan fingerprint density at radius 3 is 2.37 bits per heavy atom. The van der Waals surface area contributed by atoms with Gasteiger partial charge in [-0.2, -0.15) is 0 Å². The highest BCUT2D eigenvalue weighted by Crippen LogP contribution is 2.24. The largest absolute Gasteiger partial charge is 0.462 e. The lowest BCUT2D eigenvalue weighted by Crippen LogP contribution is -2.36. The van der Waals surface area contributed by atoms with Gasteiger partial charge in [-0.3, -0.25) is 4.90 Å². The van der Waals surface area contributed by atoms with Crippen LogP contribution in [0.25, 0.3) is 0 Å². The minimum Gasteiger partial charge on any atom is -0.462 e. The maximum absolute atomic E-state index is 12.6. The molecule has 1 aromatic rings. The van der Waals surface area contributed by atoms with Crippen LogP contribution in [0, 0.1) is 6.92 Å². The molecule has 2 rings (SSSR count). The average molecular weight is 423 g/mol. The molecule has 7 heteroatoms. The van der Waals surface area contributed by atoms with E-state index in [0.29, 0.717) is 29.8 Å². The molecule has 7 nitrogen and oxygen atoms in total. The number of carbonyl (C=O) groups is 2. The minimum absolute atomic E-state index is 0.298. The molecule has 0 unspecified atom stereocenters. The molecular weight excluding hydrogens is 384 g/mol. The Morgan fingerprint density at radius 1 is 1.07 bits per heavy atom. The first-order valence-corrected chi connectivity index (χ1v) is 11.1. The van der Waals surface area contributed by atoms with Gasteiger partial charge in [0.25, 0.3) is 0 Å². The van der Waals surface area contributed by atoms with E-state index < -0.39 is 11.6 Å². The van der Waals surface area contributed by atoms with Crippen LogP contribution in [-0.4, -0.2) is 66.9 Å². The van der Waals surface area contributed by atoms with Gasteiger partial charge in [-0.05, 0) is 66.0 Å². The lowest BCUT2D eigenvalue weighted by molar-refractivity contribution is 0.00625. The predicted molar refractivity (Wildman–Crippen MR) is 116 cm³/mol. The Labute approximate surface area is 180 Å². The molecule has 0 spiro atoms. The van der Waals surface area contributed by atoms with Crippen molar-refractivity contribution in [2.24, 2.45) is 0 Å². The molecule has 170 valence electrons. The summed E-state index contributed by atoms with van der Waals surface area (Å²) >= 11 is 0. The van der Waals surface area contributed by atoms with Crippen LogP contribution in [0.5, 0.6) is 0 Å². The molecule has 0 atom stereocenters. The van der Waals surface area contributed by atoms with E-state index in [4.69, 9.17) is 14.2 Å². The fourth-order valence-corrected chi connectivity index (χ4v) is 3.67. The van der Waals surface area contributed by atoms with Gasteiger partial charge >= 0.3 is 11.9 Å². The standard InChI is InChI=1S/C23H38N2O5/c1-6-29-21(26)19-17(2)20(22(27)30-23(3,4)5)24-18(19)11-9-7-8-10-12-25-13-15-28-16-14-25/h24H,6-16H2,1-5H3. The van der Waals surface area contributed by atoms with Crippen molar-refractivity contribution in [1.29, 1.82) is 0 Å². The number of esters is 2. The first kappa shape index (κ1) is 24.4. The van der Waals surface area contributed by atoms with Gasteiger partial charge in [-0.15, -0.1) is 0 Å². The molecule has 1 saturated heterocycles. The summed E-state index contributed by atoms with van der Waals surface area (Å²) in [5.41, 5.74) is 1.59. The van der Waals surface area contributed by atoms with Crippen molar-refractivity contribution >= 4 is 11.9 Å². The molecule has 0 radical (unpaired) electrons. The fourth-order valence-electron chi connectivity index (χ4n) is 3.67. The number of rotatable bonds is 10. The van der Waals surface area contributed by atoms with E-state index in [0.717, 1.165) is 64.2 Å². The fraction of sp³-hybridized carbons (Fsp3) is 0.739. The van der Waals surface area contributed by atoms with Gasteiger partial charge in [0, 0.05) is 18.8 Å². The topological polar surface area (TPSA) is 80.9 Å². The molecule has 1 aromatic heterocycles. The summed E-state index contributed by atoms with van der Waals surface area (Å²) in [5, 5.41) is 0. The Balaban J connectivity index is 1.94. The lowest BCUT2D eigenvalue weighted by Gasteiger charge is -2.26. The number of H-pyrrole nitrogens is 1. The van der Waals surface area contributed by atoms with E-state index in [2.05, 4.69) is 9.88 Å². The highest BCUT2D eigenvalue weighted by molar-refractivity contribution is 5.98. The zero-order valence-electron chi connectivity index (χ0n) is 19.3. The molecule has 1 aliphatic rings. The number of ether oxygens (including phenoxy) is 3. The molecule has 0 saturated carbocycles. The number of nitrogens with one attached hydrogen (secondary N) is 1. The van der Waals surface area contributed by atoms with Crippen LogP contribution in [0.4, 0.5) is 0 Å². The summed E-state index contributed by atoms with van der Waals surface area (Å²) in [6.07, 6.45) is 5.04. The van der Waals surface area contributed by atoms with E-state index in [1.54, 1.807) is 13.8 Å². The molecule has 0 aliphatic carbocycles. The predicted octanol–water partition coefficient (Wildman–Crippen LogP) is 3.89. The van der Waals surface area contributed by atoms with Gasteiger partial charge < -0.3 is 19.2 Å². The number of morpholine rings is 1. The highest BCUT2D eigenvalue weighted by atomic mass is 16.6. The molecule has 1 fully saturated rings. The molecule has 2 heterocycles. The molecule has 1 N–H and O–H groups in total. The lowest BCUT2D eigenvalue weighted by atomic mass is 10.0. The second-order valence-electron chi connectivity index (χ2n) is 8.82. The molecular formula is C23H38N2O5. The normalized spacial score (nSPS) is 15.2. The zero-order valence-corrected chi connectivity index (χ0v) is 19.3. The Bertz CT molecular complexity index is 699. The third-order valence-electron chi connectivity index (χ3n) is 5.17. The third kappa shape index (κ3) is 7.43. The van der Waals surface area contributed by atoms with E-state index >= 15 is 0 Å². The van der Waals surface area contributed by atoms with Crippen LogP contribution >= 0.6 is 0 Å². The monoisotopic (exact) mass is 422 g/mol. The van der Waals surface area contributed by atoms with Gasteiger partial charge in [0.15, 0.2) is 0 Å². The van der Waals surface area contributed by atoms with Crippen molar-refractivity contribution in [3.63, 3.8) is 0 Å². The van der Waals surface area contributed by atoms with Gasteiger partial charge in [0.1, 0.15) is 11.3 Å². The smallest absolute Gasteiger partial charge is 0.355 e. The minimum atomic E-state index is -0.598. The van der Waals surface area contributed by atoms with Crippen molar-refractivity contribution in [2.45, 2.75) is 72.3 Å². The first-order valence-electron chi connectivity index (χ1n) is 11.1. The van der Waals surface area contributed by atoms with Gasteiger partial charge in [0.05, 0.1) is 25.4 Å². The molecule has 1 aliphatic heterocycles. The quantitative estimate of drug-likeness (QED) is 0.455. The summed E-state index contributed by atoms with van der Waals surface area (Å²) in [4.78, 5) is 30.7. The summed E-state index contributed by atoms with van der Waals surface area (Å²) in [6, 6.07) is 0. The Hall–Kier alpha value is -1.86. The van der Waals surface area contributed by atoms with E-state index in [-0.39, 0.29) is 5.97 Å². The number of aromatic nitrogens is 1. The highest BCUT2D eigenvalue weighted by Gasteiger charge is 2.27. The Kier molecular flexibility index (Phi) is 9.37. The van der Waals surface area contributed by atoms with Crippen LogP contribution in [0.3, 0.4) is 0 Å². The maximum atomic E-state index is 12.6. The number of unbranched alkanes of at least 4 members (excludes halogenated alkanes) is 3. The summed E-state index contributed by atoms with van der Waals surface area (Å²) in [5.74, 6) is -0.828. The SMILES string of the molecule is CCOC(=O)c1c(CCCCCCN2CCOCC2)[nH]c(C(=O)OC(C)(C)C)c1C. The van der Waals surface area contributed by atoms with E-state index in [9.17, 15) is 9.59 Å². The second-order valence-corrected chi connectivity index (χ2v) is 8.82. The number of nitrogens with zero attached hydrogens (tertiary/aromatic N) is 1. The number of hydrogen-bond donors (Lipinski definition) is 1. The maximum Gasteiger partial charge on any atom is 0.355 e. The van der Waals surface area contributed by atoms with E-state index in [1.807, 2.05) is 20.8 Å². The van der Waals surface area contributed by atoms with Gasteiger partial charge in [-0.25, -0.2) is 9.59 Å². The average Bonchev–Trinajstić information content (AvgIpc) is 3.00. The summed E-state index contributed by atoms with van der Waals surface area (Å²) in [7, 11) is 0. The van der Waals surface area contributed by atoms with E-state index in [1.165, 1.54) is 0 Å². The second kappa shape index (κ2) is 11.5. The van der Waals surface area contributed by atoms with Crippen LogP contribution < -0.4 is 0 Å². The summed E-state index contributed by atoms with van der Waals surface area (Å²) < 4.78 is 16.1. The van der Waals surface area contributed by atoms with Crippen LogP contribution in [0.1, 0.15) is 85.5 Å². The zero-order chi connectivity index (χ0) is 22.1. The van der Waals surface area contributed by atoms with Crippen LogP contribution in [-0.2, 0) is 20.6 Å². The number of hydrogen-bond acceptors (Lipinski definition) is 6. The first-order chi connectivity index (χ1) is 14.2. The van der Waals surface area contributed by atoms with Crippen molar-refractivity contribution in [3.05, 3.63) is 22.5 Å². The van der Waals surface area contributed by atoms with Crippen molar-refractivity contribution < 1.29 is 23.8 Å². The Morgan fingerprint density at radius 2 is 1.73 bits per heavy atom. The third-order valence-corrected chi connectivity index (χ3v) is 5.17. The number of aryl methyl sites for hydroxylation is 1. The summed E-state index contributed by atoms with van der Waals surface area (Å²) in [6.45, 7) is 14.2. The van der Waals surface area contributed by atoms with Gasteiger partial charge in [0.2, 0.25) is 0 Å². The molecule has 0 bridgehead atoms. The number of aromatic amines is 1. The van der Waals surface area contributed by atoms with Crippen molar-refractivity contribution in [1.82, 2.24) is 9.88 Å². The number of carbonyl (C=O) groups excluding carboxylic acids is 2. The molecule has 0 amide bonds. The van der Waals surface area contributed by atoms with Crippen LogP contribution in [0.15, 0.2) is 0 Å². The van der Waals surface area contributed by atoms with Crippen molar-refractivity contribution in [3.8, 4) is 0 Å². The van der Waals surface area contributed by atoms with Crippen LogP contribution in [0.2, 0.25) is 0 Å². The molecule has 0 aromatic carbocycles. The molecule has 30 heavy (non-hydrogen) atoms. The van der Waals surface area contributed by atoms with Gasteiger partial charge in [-0.1, -0.05) is 12.8 Å². The van der Waals surface area contributed by atoms with Crippen molar-refractivity contribution in [2.75, 3.05) is 39.5 Å².